The van der Waals surface area contributed by atoms with Crippen molar-refractivity contribution in [3.8, 4) is 5.75 Å². The van der Waals surface area contributed by atoms with Gasteiger partial charge in [0.2, 0.25) is 6.10 Å². The third-order valence-corrected chi connectivity index (χ3v) is 9.70. The van der Waals surface area contributed by atoms with E-state index in [4.69, 9.17) is 21.1 Å². The molecule has 0 spiro atoms. The van der Waals surface area contributed by atoms with Crippen molar-refractivity contribution < 1.29 is 36.3 Å². The Kier molecular flexibility index (Phi) is 9.19. The van der Waals surface area contributed by atoms with Crippen LogP contribution in [-0.2, 0) is 30.6 Å². The van der Waals surface area contributed by atoms with Crippen LogP contribution in [0.1, 0.15) is 50.0 Å². The van der Waals surface area contributed by atoms with E-state index < -0.39 is 50.5 Å². The van der Waals surface area contributed by atoms with E-state index in [1.807, 2.05) is 0 Å². The number of nitrogens with zero attached hydrogens (tertiary/aromatic N) is 1. The van der Waals surface area contributed by atoms with Crippen LogP contribution in [0, 0.1) is 11.6 Å². The van der Waals surface area contributed by atoms with Crippen molar-refractivity contribution in [2.45, 2.75) is 55.3 Å². The zero-order valence-electron chi connectivity index (χ0n) is 20.8. The Balaban J connectivity index is 1.72. The van der Waals surface area contributed by atoms with Gasteiger partial charge in [-0.05, 0) is 38.0 Å². The lowest BCUT2D eigenvalue weighted by Crippen LogP contribution is -2.29. The number of rotatable bonds is 10. The normalized spacial score (nSPS) is 14.7. The molecule has 1 aliphatic carbocycles. The first-order chi connectivity index (χ1) is 18.6. The molecule has 1 fully saturated rings. The first kappa shape index (κ1) is 28.9. The molecule has 208 valence electrons. The predicted octanol–water partition coefficient (Wildman–Crippen LogP) is 5.66. The van der Waals surface area contributed by atoms with Gasteiger partial charge in [-0.25, -0.2) is 22.2 Å². The van der Waals surface area contributed by atoms with Gasteiger partial charge in [0.15, 0.2) is 26.5 Å². The smallest absolute Gasteiger partial charge is 0.311 e. The lowest BCUT2D eigenvalue weighted by Gasteiger charge is -2.23. The Morgan fingerprint density at radius 1 is 1.21 bits per heavy atom. The summed E-state index contributed by atoms with van der Waals surface area (Å²) in [6.45, 7) is 1.88. The number of thiazole rings is 1. The number of nitrogens with one attached hydrogen (secondary N) is 1. The standard InChI is InChI=1S/C26H25ClF2N2O6S2/c1-2-36-22(32)13-16-14-38-26(30-16)31-25(33)23(37-21-11-10-15(28)12-20(21)29)18-8-5-9-19(27)24(18)39(34,35)17-6-3-4-7-17/h5,8-12,14,17,23H,2-4,6-7,13H2,1H3,(H,30,31,33). The fourth-order valence-electron chi connectivity index (χ4n) is 4.33. The molecule has 13 heteroatoms. The SMILES string of the molecule is CCOC(=O)Cc1csc(NC(=O)C(Oc2ccc(F)cc2F)c2cccc(Cl)c2S(=O)(=O)C2CCCC2)n1. The van der Waals surface area contributed by atoms with Crippen LogP contribution in [0.3, 0.4) is 0 Å². The van der Waals surface area contributed by atoms with Gasteiger partial charge in [-0.3, -0.25) is 14.9 Å². The lowest BCUT2D eigenvalue weighted by atomic mass is 10.1. The molecule has 3 aromatic rings. The third kappa shape index (κ3) is 6.74. The van der Waals surface area contributed by atoms with Crippen molar-refractivity contribution in [2.24, 2.45) is 0 Å². The highest BCUT2D eigenvalue weighted by atomic mass is 35.5. The summed E-state index contributed by atoms with van der Waals surface area (Å²) in [7, 11) is -3.99. The zero-order valence-corrected chi connectivity index (χ0v) is 23.2. The number of halogens is 3. The average Bonchev–Trinajstić information content (AvgIpc) is 3.56. The maximum atomic E-state index is 14.6. The Morgan fingerprint density at radius 3 is 2.64 bits per heavy atom. The van der Waals surface area contributed by atoms with Crippen molar-refractivity contribution in [1.82, 2.24) is 4.98 Å². The van der Waals surface area contributed by atoms with Crippen molar-refractivity contribution in [2.75, 3.05) is 11.9 Å². The Bertz CT molecular complexity index is 1470. The molecule has 1 amide bonds. The summed E-state index contributed by atoms with van der Waals surface area (Å²) < 4.78 is 66.0. The molecule has 2 aromatic carbocycles. The molecule has 0 radical (unpaired) electrons. The molecule has 1 N–H and O–H groups in total. The van der Waals surface area contributed by atoms with Crippen molar-refractivity contribution in [3.63, 3.8) is 0 Å². The monoisotopic (exact) mass is 598 g/mol. The van der Waals surface area contributed by atoms with Gasteiger partial charge < -0.3 is 9.47 Å². The second kappa shape index (κ2) is 12.4. The molecule has 1 aromatic heterocycles. The van der Waals surface area contributed by atoms with E-state index >= 15 is 0 Å². The van der Waals surface area contributed by atoms with Gasteiger partial charge in [-0.2, -0.15) is 0 Å². The number of esters is 1. The largest absolute Gasteiger partial charge is 0.473 e. The maximum absolute atomic E-state index is 14.6. The predicted molar refractivity (Wildman–Crippen MR) is 142 cm³/mol. The summed E-state index contributed by atoms with van der Waals surface area (Å²) in [4.78, 5) is 29.2. The van der Waals surface area contributed by atoms with Crippen molar-refractivity contribution in [1.29, 1.82) is 0 Å². The molecule has 1 saturated carbocycles. The van der Waals surface area contributed by atoms with E-state index in [0.717, 1.165) is 36.3 Å². The minimum absolute atomic E-state index is 0.0923. The number of sulfone groups is 1. The highest BCUT2D eigenvalue weighted by Crippen LogP contribution is 2.39. The van der Waals surface area contributed by atoms with Crippen LogP contribution >= 0.6 is 22.9 Å². The van der Waals surface area contributed by atoms with Crippen LogP contribution in [0.25, 0.3) is 0 Å². The van der Waals surface area contributed by atoms with Crippen LogP contribution in [0.5, 0.6) is 5.75 Å². The first-order valence-corrected chi connectivity index (χ1v) is 15.0. The molecule has 1 aliphatic rings. The van der Waals surface area contributed by atoms with Crippen LogP contribution in [-0.4, -0.2) is 37.1 Å². The molecule has 0 bridgehead atoms. The van der Waals surface area contributed by atoms with Crippen molar-refractivity contribution in [3.05, 3.63) is 69.7 Å². The fraction of sp³-hybridized carbons (Fsp3) is 0.346. The number of amides is 1. The van der Waals surface area contributed by atoms with E-state index in [0.29, 0.717) is 24.6 Å². The van der Waals surface area contributed by atoms with Crippen LogP contribution in [0.2, 0.25) is 5.02 Å². The highest BCUT2D eigenvalue weighted by molar-refractivity contribution is 7.92. The number of anilines is 1. The number of carbonyl (C=O) groups excluding carboxylic acids is 2. The number of benzene rings is 2. The van der Waals surface area contributed by atoms with Crippen LogP contribution in [0.4, 0.5) is 13.9 Å². The van der Waals surface area contributed by atoms with Gasteiger partial charge in [0.25, 0.3) is 5.91 Å². The van der Waals surface area contributed by atoms with Gasteiger partial charge in [-0.1, -0.05) is 36.6 Å². The summed E-state index contributed by atoms with van der Waals surface area (Å²) in [6, 6.07) is 6.75. The molecule has 1 unspecified atom stereocenters. The Labute approximate surface area is 233 Å². The van der Waals surface area contributed by atoms with E-state index in [1.165, 1.54) is 18.2 Å². The topological polar surface area (TPSA) is 112 Å². The number of hydrogen-bond acceptors (Lipinski definition) is 8. The molecule has 1 heterocycles. The van der Waals surface area contributed by atoms with Crippen LogP contribution in [0.15, 0.2) is 46.7 Å². The minimum Gasteiger partial charge on any atom is -0.473 e. The van der Waals surface area contributed by atoms with Gasteiger partial charge in [0.05, 0.1) is 33.9 Å². The molecule has 39 heavy (non-hydrogen) atoms. The molecule has 0 saturated heterocycles. The number of hydrogen-bond donors (Lipinski definition) is 1. The molecule has 0 aliphatic heterocycles. The fourth-order valence-corrected chi connectivity index (χ4v) is 7.68. The van der Waals surface area contributed by atoms with E-state index in [9.17, 15) is 26.8 Å². The highest BCUT2D eigenvalue weighted by Gasteiger charge is 2.38. The average molecular weight is 599 g/mol. The van der Waals surface area contributed by atoms with E-state index in [1.54, 1.807) is 12.3 Å². The number of carbonyl (C=O) groups is 2. The Hall–Kier alpha value is -3.09. The summed E-state index contributed by atoms with van der Waals surface area (Å²) in [5.74, 6) is -3.77. The summed E-state index contributed by atoms with van der Waals surface area (Å²) in [6.07, 6.45) is 0.553. The number of ether oxygens (including phenoxy) is 2. The quantitative estimate of drug-likeness (QED) is 0.300. The minimum atomic E-state index is -3.99. The number of aromatic nitrogens is 1. The van der Waals surface area contributed by atoms with Gasteiger partial charge >= 0.3 is 5.97 Å². The third-order valence-electron chi connectivity index (χ3n) is 6.09. The molecular weight excluding hydrogens is 574 g/mol. The zero-order chi connectivity index (χ0) is 28.2. The van der Waals surface area contributed by atoms with Crippen LogP contribution < -0.4 is 10.1 Å². The molecule has 4 rings (SSSR count). The summed E-state index contributed by atoms with van der Waals surface area (Å²) in [5.41, 5.74) is 0.252. The molecular formula is C26H25ClF2N2O6S2. The van der Waals surface area contributed by atoms with Gasteiger partial charge in [-0.15, -0.1) is 11.3 Å². The lowest BCUT2D eigenvalue weighted by molar-refractivity contribution is -0.142. The van der Waals surface area contributed by atoms with Gasteiger partial charge in [0, 0.05) is 17.0 Å². The molecule has 8 nitrogen and oxygen atoms in total. The second-order valence-electron chi connectivity index (χ2n) is 8.80. The van der Waals surface area contributed by atoms with Gasteiger partial charge in [0.1, 0.15) is 5.82 Å². The first-order valence-electron chi connectivity index (χ1n) is 12.1. The van der Waals surface area contributed by atoms with E-state index in [-0.39, 0.29) is 33.6 Å². The van der Waals surface area contributed by atoms with Crippen molar-refractivity contribution >= 4 is 49.8 Å². The summed E-state index contributed by atoms with van der Waals surface area (Å²) in [5, 5.41) is 3.39. The maximum Gasteiger partial charge on any atom is 0.311 e. The second-order valence-corrected chi connectivity index (χ2v) is 12.2. The Morgan fingerprint density at radius 2 is 1.95 bits per heavy atom. The molecule has 1 atom stereocenters. The summed E-state index contributed by atoms with van der Waals surface area (Å²) >= 11 is 7.41. The van der Waals surface area contributed by atoms with E-state index in [2.05, 4.69) is 10.3 Å².